The van der Waals surface area contributed by atoms with Crippen LogP contribution in [0.5, 0.6) is 0 Å². The molecule has 0 spiro atoms. The zero-order valence-corrected chi connectivity index (χ0v) is 29.0. The Morgan fingerprint density at radius 2 is 1.60 bits per heavy atom. The third-order valence-corrected chi connectivity index (χ3v) is 11.0. The molecule has 0 saturated heterocycles. The molecule has 0 N–H and O–H groups in total. The van der Waals surface area contributed by atoms with Crippen LogP contribution < -0.4 is 9.47 Å². The highest BCUT2D eigenvalue weighted by molar-refractivity contribution is 8.03. The summed E-state index contributed by atoms with van der Waals surface area (Å²) in [6.07, 6.45) is 5.76. The highest BCUT2D eigenvalue weighted by Gasteiger charge is 2.30. The molecule has 2 aromatic heterocycles. The van der Waals surface area contributed by atoms with E-state index in [1.807, 2.05) is 103 Å². The Labute approximate surface area is 292 Å². The summed E-state index contributed by atoms with van der Waals surface area (Å²) in [5.74, 6) is -1.52. The number of anilines is 1. The molecule has 10 nitrogen and oxygen atoms in total. The fraction of sp³-hybridized carbons (Fsp3) is 0.108. The van der Waals surface area contributed by atoms with E-state index < -0.39 is 32.0 Å². The van der Waals surface area contributed by atoms with Crippen LogP contribution in [0.4, 0.5) is 5.69 Å². The minimum atomic E-state index is -4.74. The van der Waals surface area contributed by atoms with Crippen molar-refractivity contribution in [3.63, 3.8) is 0 Å². The van der Waals surface area contributed by atoms with Crippen LogP contribution >= 0.6 is 11.8 Å². The number of oxazole rings is 1. The van der Waals surface area contributed by atoms with Crippen LogP contribution in [0.2, 0.25) is 0 Å². The fourth-order valence-corrected chi connectivity index (χ4v) is 9.00. The maximum absolute atomic E-state index is 12.2. The van der Waals surface area contributed by atoms with Crippen LogP contribution in [0.15, 0.2) is 129 Å². The monoisotopic (exact) mass is 722 g/mol. The van der Waals surface area contributed by atoms with Crippen molar-refractivity contribution in [2.45, 2.75) is 24.1 Å². The molecule has 0 bridgehead atoms. The molecule has 50 heavy (non-hydrogen) atoms. The first-order valence-corrected chi connectivity index (χ1v) is 19.6. The average Bonchev–Trinajstić information content (AvgIpc) is 3.76. The molecule has 0 atom stereocenters. The number of para-hydroxylation sites is 1. The standard InChI is InChI=1S/C37H29N3O7S3/c1-2-24(20-36-40(23-50(44,45)46)37-30-13-11-25-7-3-5-9-28(25)29(30)14-16-34(37)48-36)19-35-39(22-49(41,42)43)32-21-27(12-15-33(32)47-35)38-18-17-26-8-4-6-10-31(26)38/h3-21H,2,22-23H2,1H3,(H-,41,42,43,44,45,46)/p-1. The van der Waals surface area contributed by atoms with Crippen LogP contribution in [0.1, 0.15) is 19.2 Å². The van der Waals surface area contributed by atoms with Gasteiger partial charge in [0.25, 0.3) is 5.52 Å². The number of rotatable bonds is 8. The lowest BCUT2D eigenvalue weighted by Crippen LogP contribution is -2.39. The van der Waals surface area contributed by atoms with Crippen molar-refractivity contribution in [3.8, 4) is 5.69 Å². The Morgan fingerprint density at radius 3 is 2.38 bits per heavy atom. The molecule has 7 aromatic rings. The second-order valence-electron chi connectivity index (χ2n) is 12.0. The van der Waals surface area contributed by atoms with Gasteiger partial charge >= 0.3 is 5.89 Å². The van der Waals surface area contributed by atoms with E-state index in [0.717, 1.165) is 43.0 Å². The Balaban J connectivity index is 1.25. The second kappa shape index (κ2) is 12.1. The van der Waals surface area contributed by atoms with Crippen molar-refractivity contribution in [3.05, 3.63) is 126 Å². The number of hydrogen-bond donors (Lipinski definition) is 0. The first kappa shape index (κ1) is 32.3. The molecular weight excluding hydrogens is 695 g/mol. The first-order valence-electron chi connectivity index (χ1n) is 15.7. The predicted molar refractivity (Wildman–Crippen MR) is 194 cm³/mol. The number of thioether (sulfide) groups is 1. The van der Waals surface area contributed by atoms with Gasteiger partial charge in [-0.2, -0.15) is 0 Å². The van der Waals surface area contributed by atoms with Crippen LogP contribution in [0.25, 0.3) is 55.3 Å². The number of benzene rings is 5. The lowest BCUT2D eigenvalue weighted by Gasteiger charge is -2.24. The average molecular weight is 723 g/mol. The van der Waals surface area contributed by atoms with Crippen molar-refractivity contribution in [2.24, 2.45) is 0 Å². The molecule has 8 rings (SSSR count). The van der Waals surface area contributed by atoms with E-state index in [0.29, 0.717) is 33.8 Å². The zero-order chi connectivity index (χ0) is 34.8. The van der Waals surface area contributed by atoms with Gasteiger partial charge < -0.3 is 23.0 Å². The molecule has 252 valence electrons. The molecule has 0 amide bonds. The van der Waals surface area contributed by atoms with Crippen LogP contribution in [0, 0.1) is 0 Å². The fourth-order valence-electron chi connectivity index (χ4n) is 6.59. The molecule has 0 unspecified atom stereocenters. The Bertz CT molecular complexity index is 2800. The van der Waals surface area contributed by atoms with Crippen LogP contribution in [-0.2, 0) is 26.1 Å². The van der Waals surface area contributed by atoms with Crippen molar-refractivity contribution in [2.75, 3.05) is 10.8 Å². The lowest BCUT2D eigenvalue weighted by atomic mass is 10.0. The summed E-state index contributed by atoms with van der Waals surface area (Å²) in [6, 6.07) is 30.9. The van der Waals surface area contributed by atoms with Crippen molar-refractivity contribution < 1.29 is 34.9 Å². The highest BCUT2D eigenvalue weighted by Crippen LogP contribution is 2.51. The van der Waals surface area contributed by atoms with Gasteiger partial charge in [-0.1, -0.05) is 79.3 Å². The van der Waals surface area contributed by atoms with Crippen LogP contribution in [-0.4, -0.2) is 36.4 Å². The zero-order valence-electron chi connectivity index (χ0n) is 26.5. The summed E-state index contributed by atoms with van der Waals surface area (Å²) >= 11 is 1.34. The van der Waals surface area contributed by atoms with Gasteiger partial charge in [0.2, 0.25) is 11.5 Å². The molecule has 13 heteroatoms. The van der Waals surface area contributed by atoms with Gasteiger partial charge in [0.05, 0.1) is 28.0 Å². The van der Waals surface area contributed by atoms with Crippen molar-refractivity contribution >= 4 is 87.3 Å². The number of fused-ring (bicyclic) bond motifs is 7. The van der Waals surface area contributed by atoms with E-state index >= 15 is 0 Å². The lowest BCUT2D eigenvalue weighted by molar-refractivity contribution is -0.658. The Kier molecular flexibility index (Phi) is 7.84. The minimum absolute atomic E-state index is 0.128. The molecule has 5 aromatic carbocycles. The normalized spacial score (nSPS) is 14.9. The number of allylic oxidation sites excluding steroid dienone is 2. The van der Waals surface area contributed by atoms with Gasteiger partial charge in [0, 0.05) is 22.5 Å². The molecule has 1 aliphatic rings. The Hall–Kier alpha value is -4.92. The summed E-state index contributed by atoms with van der Waals surface area (Å²) in [6.45, 7) is 1.89. The second-order valence-corrected chi connectivity index (χ2v) is 15.8. The van der Waals surface area contributed by atoms with E-state index in [-0.39, 0.29) is 5.89 Å². The minimum Gasteiger partial charge on any atom is -0.747 e. The SMILES string of the molecule is CCC(/C=C1\Sc2ccc3c(ccc4ccccc43)c2N1CS(=O)(=O)[O-])=C\c1oc2ccc(-n3ccc4ccccc43)cc2[n+]1CS(=O)(=O)[O-]. The van der Waals surface area contributed by atoms with E-state index in [4.69, 9.17) is 4.42 Å². The van der Waals surface area contributed by atoms with E-state index in [9.17, 15) is 25.9 Å². The third-order valence-electron chi connectivity index (χ3n) is 8.80. The predicted octanol–water partition coefficient (Wildman–Crippen LogP) is 7.22. The molecule has 1 aliphatic heterocycles. The van der Waals surface area contributed by atoms with E-state index in [1.165, 1.54) is 21.2 Å². The molecule has 0 aliphatic carbocycles. The maximum Gasteiger partial charge on any atom is 0.375 e. The molecule has 0 radical (unpaired) electrons. The van der Waals surface area contributed by atoms with Gasteiger partial charge in [-0.25, -0.2) is 16.8 Å². The van der Waals surface area contributed by atoms with Crippen molar-refractivity contribution in [1.82, 2.24) is 4.57 Å². The number of nitrogens with zero attached hydrogens (tertiary/aromatic N) is 3. The summed E-state index contributed by atoms with van der Waals surface area (Å²) in [7, 11) is -9.44. The van der Waals surface area contributed by atoms with Gasteiger partial charge in [-0.3, -0.25) is 0 Å². The topological polar surface area (TPSA) is 140 Å². The van der Waals surface area contributed by atoms with Gasteiger partial charge in [-0.05, 0) is 69.9 Å². The summed E-state index contributed by atoms with van der Waals surface area (Å²) in [5.41, 5.74) is 3.77. The van der Waals surface area contributed by atoms with Crippen molar-refractivity contribution in [1.29, 1.82) is 0 Å². The highest BCUT2D eigenvalue weighted by atomic mass is 32.2. The quantitative estimate of drug-likeness (QED) is 0.0903. The van der Waals surface area contributed by atoms with E-state index in [1.54, 1.807) is 24.3 Å². The smallest absolute Gasteiger partial charge is 0.375 e. The van der Waals surface area contributed by atoms with Gasteiger partial charge in [0.15, 0.2) is 10.1 Å². The third kappa shape index (κ3) is 5.97. The van der Waals surface area contributed by atoms with Crippen LogP contribution in [0.3, 0.4) is 0 Å². The number of hydrogen-bond acceptors (Lipinski definition) is 9. The molecule has 3 heterocycles. The largest absolute Gasteiger partial charge is 0.747 e. The van der Waals surface area contributed by atoms with Gasteiger partial charge in [0.1, 0.15) is 16.0 Å². The molecular formula is C37H28N3O7S3-. The van der Waals surface area contributed by atoms with E-state index in [2.05, 4.69) is 0 Å². The number of aromatic nitrogens is 2. The maximum atomic E-state index is 12.2. The summed E-state index contributed by atoms with van der Waals surface area (Å²) in [5, 5.41) is 5.32. The summed E-state index contributed by atoms with van der Waals surface area (Å²) in [4.78, 5) is 2.31. The molecule has 0 fully saturated rings. The summed E-state index contributed by atoms with van der Waals surface area (Å²) < 4.78 is 82.6. The van der Waals surface area contributed by atoms with Gasteiger partial charge in [-0.15, -0.1) is 4.57 Å². The molecule has 0 saturated carbocycles. The first-order chi connectivity index (χ1) is 24.0. The Morgan fingerprint density at radius 1 is 0.840 bits per heavy atom.